The van der Waals surface area contributed by atoms with E-state index in [4.69, 9.17) is 9.47 Å². The fourth-order valence-corrected chi connectivity index (χ4v) is 4.38. The van der Waals surface area contributed by atoms with Crippen molar-refractivity contribution in [3.63, 3.8) is 0 Å². The number of hydrogen-bond donors (Lipinski definition) is 2. The Balaban J connectivity index is 1.54. The molecule has 122 valence electrons. The van der Waals surface area contributed by atoms with E-state index in [1.165, 1.54) is 0 Å². The lowest BCUT2D eigenvalue weighted by molar-refractivity contribution is -0.156. The highest BCUT2D eigenvalue weighted by Crippen LogP contribution is 2.49. The highest BCUT2D eigenvalue weighted by Gasteiger charge is 2.50. The van der Waals surface area contributed by atoms with E-state index < -0.39 is 17.8 Å². The fraction of sp³-hybridized carbons (Fsp3) is 0.529. The van der Waals surface area contributed by atoms with Crippen molar-refractivity contribution in [3.05, 3.63) is 18.2 Å². The van der Waals surface area contributed by atoms with Crippen molar-refractivity contribution in [2.75, 3.05) is 12.1 Å². The largest absolute Gasteiger partial charge is 0.481 e. The Kier molecular flexibility index (Phi) is 3.39. The maximum absolute atomic E-state index is 12.7. The summed E-state index contributed by atoms with van der Waals surface area (Å²) in [6.07, 6.45) is 3.76. The van der Waals surface area contributed by atoms with Crippen LogP contribution < -0.4 is 14.8 Å². The first-order chi connectivity index (χ1) is 11.1. The second-order valence-corrected chi connectivity index (χ2v) is 6.62. The molecule has 6 nitrogen and oxygen atoms in total. The molecular formula is C17H19NO5. The average molecular weight is 317 g/mol. The van der Waals surface area contributed by atoms with E-state index in [2.05, 4.69) is 5.32 Å². The number of aliphatic carboxylic acids is 1. The van der Waals surface area contributed by atoms with Gasteiger partial charge in [-0.3, -0.25) is 9.59 Å². The first kappa shape index (κ1) is 14.4. The minimum Gasteiger partial charge on any atom is -0.481 e. The van der Waals surface area contributed by atoms with Crippen molar-refractivity contribution in [2.45, 2.75) is 25.7 Å². The van der Waals surface area contributed by atoms with Crippen molar-refractivity contribution in [1.82, 2.24) is 0 Å². The average Bonchev–Trinajstić information content (AvgIpc) is 3.02. The van der Waals surface area contributed by atoms with E-state index >= 15 is 0 Å². The Morgan fingerprint density at radius 3 is 2.35 bits per heavy atom. The Bertz CT molecular complexity index is 650. The molecule has 4 aliphatic rings. The lowest BCUT2D eigenvalue weighted by Crippen LogP contribution is -2.49. The number of amides is 1. The minimum atomic E-state index is -0.842. The van der Waals surface area contributed by atoms with Gasteiger partial charge in [-0.2, -0.15) is 0 Å². The number of carboxylic acids is 1. The SMILES string of the molecule is O=C(O)[C@@H]1C2CCC(CC2)[C@H]1C(=O)Nc1ccc2c(c1)OCO2. The summed E-state index contributed by atoms with van der Waals surface area (Å²) >= 11 is 0. The van der Waals surface area contributed by atoms with Crippen LogP contribution in [0.1, 0.15) is 25.7 Å². The number of fused-ring (bicyclic) bond motifs is 4. The number of carboxylic acid groups (broad SMARTS) is 1. The van der Waals surface area contributed by atoms with E-state index in [9.17, 15) is 14.7 Å². The quantitative estimate of drug-likeness (QED) is 0.894. The lowest BCUT2D eigenvalue weighted by Gasteiger charge is -2.45. The van der Waals surface area contributed by atoms with E-state index in [0.717, 1.165) is 25.7 Å². The van der Waals surface area contributed by atoms with Gasteiger partial charge in [0.15, 0.2) is 11.5 Å². The molecule has 0 aromatic heterocycles. The third-order valence-corrected chi connectivity index (χ3v) is 5.45. The van der Waals surface area contributed by atoms with Crippen LogP contribution >= 0.6 is 0 Å². The molecule has 2 bridgehead atoms. The van der Waals surface area contributed by atoms with Gasteiger partial charge in [0.05, 0.1) is 11.8 Å². The first-order valence-corrected chi connectivity index (χ1v) is 8.07. The predicted molar refractivity (Wildman–Crippen MR) is 81.3 cm³/mol. The van der Waals surface area contributed by atoms with Crippen LogP contribution in [0.4, 0.5) is 5.69 Å². The zero-order chi connectivity index (χ0) is 16.0. The molecule has 23 heavy (non-hydrogen) atoms. The van der Waals surface area contributed by atoms with Crippen LogP contribution in [-0.4, -0.2) is 23.8 Å². The number of hydrogen-bond acceptors (Lipinski definition) is 4. The molecule has 1 aromatic carbocycles. The fourth-order valence-electron chi connectivity index (χ4n) is 4.38. The summed E-state index contributed by atoms with van der Waals surface area (Å²) < 4.78 is 10.6. The molecule has 0 radical (unpaired) electrons. The Labute approximate surface area is 133 Å². The molecule has 3 aliphatic carbocycles. The number of carbonyl (C=O) groups is 2. The van der Waals surface area contributed by atoms with Crippen LogP contribution in [-0.2, 0) is 9.59 Å². The van der Waals surface area contributed by atoms with E-state index in [1.54, 1.807) is 18.2 Å². The van der Waals surface area contributed by atoms with Crippen molar-refractivity contribution in [2.24, 2.45) is 23.7 Å². The van der Waals surface area contributed by atoms with Crippen molar-refractivity contribution < 1.29 is 24.2 Å². The Morgan fingerprint density at radius 1 is 1.00 bits per heavy atom. The third-order valence-electron chi connectivity index (χ3n) is 5.45. The molecule has 3 fully saturated rings. The molecule has 2 N–H and O–H groups in total. The summed E-state index contributed by atoms with van der Waals surface area (Å²) in [5.74, 6) is -0.469. The molecule has 1 amide bonds. The second-order valence-electron chi connectivity index (χ2n) is 6.62. The molecular weight excluding hydrogens is 298 g/mol. The standard InChI is InChI=1S/C17H19NO5/c19-16(18-11-5-6-12-13(7-11)23-8-22-12)14-9-1-3-10(4-2-9)15(14)17(20)21/h5-7,9-10,14-15H,1-4,8H2,(H,18,19)(H,20,21)/t9?,10?,14-,15-/m1/s1. The monoisotopic (exact) mass is 317 g/mol. The van der Waals surface area contributed by atoms with Crippen LogP contribution in [0.25, 0.3) is 0 Å². The molecule has 1 aliphatic heterocycles. The summed E-state index contributed by atoms with van der Waals surface area (Å²) in [7, 11) is 0. The second kappa shape index (κ2) is 5.44. The van der Waals surface area contributed by atoms with Gasteiger partial charge in [-0.05, 0) is 49.7 Å². The van der Waals surface area contributed by atoms with Crippen LogP contribution in [0.2, 0.25) is 0 Å². The van der Waals surface area contributed by atoms with Crippen LogP contribution in [0.5, 0.6) is 11.5 Å². The zero-order valence-electron chi connectivity index (χ0n) is 12.7. The molecule has 3 saturated carbocycles. The number of benzene rings is 1. The van der Waals surface area contributed by atoms with Crippen LogP contribution in [0.15, 0.2) is 18.2 Å². The van der Waals surface area contributed by atoms with Crippen LogP contribution in [0, 0.1) is 23.7 Å². The van der Waals surface area contributed by atoms with Crippen LogP contribution in [0.3, 0.4) is 0 Å². The number of nitrogens with one attached hydrogen (secondary N) is 1. The molecule has 0 unspecified atom stereocenters. The number of rotatable bonds is 3. The van der Waals surface area contributed by atoms with Crippen molar-refractivity contribution >= 4 is 17.6 Å². The first-order valence-electron chi connectivity index (χ1n) is 8.07. The molecule has 5 rings (SSSR count). The Morgan fingerprint density at radius 2 is 1.65 bits per heavy atom. The van der Waals surface area contributed by atoms with Gasteiger partial charge in [-0.1, -0.05) is 0 Å². The van der Waals surface area contributed by atoms with E-state index in [1.807, 2.05) is 0 Å². The normalized spacial score (nSPS) is 31.0. The van der Waals surface area contributed by atoms with Gasteiger partial charge < -0.3 is 19.9 Å². The molecule has 0 spiro atoms. The summed E-state index contributed by atoms with van der Waals surface area (Å²) in [6.45, 7) is 0.181. The van der Waals surface area contributed by atoms with E-state index in [0.29, 0.717) is 17.2 Å². The smallest absolute Gasteiger partial charge is 0.307 e. The van der Waals surface area contributed by atoms with Gasteiger partial charge in [-0.15, -0.1) is 0 Å². The Hall–Kier alpha value is -2.24. The number of ether oxygens (including phenoxy) is 2. The lowest BCUT2D eigenvalue weighted by atomic mass is 9.58. The maximum Gasteiger partial charge on any atom is 0.307 e. The molecule has 2 atom stereocenters. The van der Waals surface area contributed by atoms with Gasteiger partial charge in [0.2, 0.25) is 12.7 Å². The summed E-state index contributed by atoms with van der Waals surface area (Å²) in [6, 6.07) is 5.22. The summed E-state index contributed by atoms with van der Waals surface area (Å²) in [4.78, 5) is 24.4. The molecule has 0 saturated heterocycles. The molecule has 6 heteroatoms. The predicted octanol–water partition coefficient (Wildman–Crippen LogP) is 2.49. The summed E-state index contributed by atoms with van der Waals surface area (Å²) in [5, 5.41) is 12.4. The summed E-state index contributed by atoms with van der Waals surface area (Å²) in [5.41, 5.74) is 0.616. The highest BCUT2D eigenvalue weighted by molar-refractivity contribution is 5.96. The van der Waals surface area contributed by atoms with E-state index in [-0.39, 0.29) is 24.5 Å². The van der Waals surface area contributed by atoms with Gasteiger partial charge in [0.1, 0.15) is 0 Å². The van der Waals surface area contributed by atoms with Crippen molar-refractivity contribution in [3.8, 4) is 11.5 Å². The number of carbonyl (C=O) groups excluding carboxylic acids is 1. The number of anilines is 1. The van der Waals surface area contributed by atoms with Crippen molar-refractivity contribution in [1.29, 1.82) is 0 Å². The molecule has 1 aromatic rings. The van der Waals surface area contributed by atoms with Gasteiger partial charge >= 0.3 is 5.97 Å². The van der Waals surface area contributed by atoms with Gasteiger partial charge in [-0.25, -0.2) is 0 Å². The maximum atomic E-state index is 12.7. The van der Waals surface area contributed by atoms with Gasteiger partial charge in [0, 0.05) is 11.8 Å². The topological polar surface area (TPSA) is 84.9 Å². The zero-order valence-corrected chi connectivity index (χ0v) is 12.7. The van der Waals surface area contributed by atoms with Gasteiger partial charge in [0.25, 0.3) is 0 Å². The minimum absolute atomic E-state index is 0.130. The third kappa shape index (κ3) is 2.42. The molecule has 1 heterocycles. The highest BCUT2D eigenvalue weighted by atomic mass is 16.7.